The lowest BCUT2D eigenvalue weighted by molar-refractivity contribution is -0.137. The van der Waals surface area contributed by atoms with Crippen molar-refractivity contribution in [2.45, 2.75) is 75.4 Å². The van der Waals surface area contributed by atoms with Crippen LogP contribution in [-0.2, 0) is 22.2 Å². The summed E-state index contributed by atoms with van der Waals surface area (Å²) in [4.78, 5) is 31.3. The molecule has 1 atom stereocenters. The average Bonchev–Trinajstić information content (AvgIpc) is 3.35. The van der Waals surface area contributed by atoms with Gasteiger partial charge in [0.1, 0.15) is 5.60 Å². The molecule has 212 valence electrons. The fourth-order valence-electron chi connectivity index (χ4n) is 5.38. The average molecular weight is 549 g/mol. The maximum absolute atomic E-state index is 12.9. The quantitative estimate of drug-likeness (QED) is 0.423. The molecule has 8 nitrogen and oxygen atoms in total. The van der Waals surface area contributed by atoms with Crippen LogP contribution in [0.25, 0.3) is 0 Å². The van der Waals surface area contributed by atoms with Gasteiger partial charge in [0.15, 0.2) is 0 Å². The molecule has 1 saturated carbocycles. The van der Waals surface area contributed by atoms with E-state index in [0.717, 1.165) is 49.6 Å². The molecule has 2 aliphatic rings. The molecule has 1 aromatic carbocycles. The van der Waals surface area contributed by atoms with Crippen LogP contribution in [0.4, 0.5) is 13.2 Å². The third-order valence-corrected chi connectivity index (χ3v) is 7.67. The fraction of sp³-hybridized carbons (Fsp3) is 0.536. The van der Waals surface area contributed by atoms with Gasteiger partial charge < -0.3 is 20.8 Å². The lowest BCUT2D eigenvalue weighted by Gasteiger charge is -2.40. The Morgan fingerprint density at radius 1 is 1.13 bits per heavy atom. The zero-order valence-electron chi connectivity index (χ0n) is 22.1. The van der Waals surface area contributed by atoms with E-state index in [9.17, 15) is 33.0 Å². The van der Waals surface area contributed by atoms with E-state index >= 15 is 0 Å². The minimum Gasteiger partial charge on any atom is -0.385 e. The number of pyridine rings is 1. The number of nitrogens with one attached hydrogen (secondary N) is 2. The number of likely N-dealkylation sites (tertiary alicyclic amines) is 1. The van der Waals surface area contributed by atoms with Crippen molar-refractivity contribution in [3.8, 4) is 0 Å². The molecular formula is C28H35F3N4O4. The maximum atomic E-state index is 12.9. The summed E-state index contributed by atoms with van der Waals surface area (Å²) in [5.74, 6) is -1.15. The Balaban J connectivity index is 1.22. The molecule has 39 heavy (non-hydrogen) atoms. The Morgan fingerprint density at radius 2 is 1.85 bits per heavy atom. The first-order valence-electron chi connectivity index (χ1n) is 13.2. The number of rotatable bonds is 7. The van der Waals surface area contributed by atoms with Crippen LogP contribution < -0.4 is 10.6 Å². The first kappa shape index (κ1) is 29.0. The number of carbonyl (C=O) groups is 2. The first-order valence-corrected chi connectivity index (χ1v) is 13.2. The largest absolute Gasteiger partial charge is 0.416 e. The van der Waals surface area contributed by atoms with Crippen LogP contribution in [0.15, 0.2) is 42.6 Å². The minimum absolute atomic E-state index is 0.0950. The van der Waals surface area contributed by atoms with E-state index in [4.69, 9.17) is 0 Å². The number of aromatic nitrogens is 1. The van der Waals surface area contributed by atoms with E-state index in [2.05, 4.69) is 20.5 Å². The molecule has 1 saturated heterocycles. The molecule has 4 rings (SSSR count). The lowest BCUT2D eigenvalue weighted by atomic mass is 9.77. The monoisotopic (exact) mass is 548 g/mol. The van der Waals surface area contributed by atoms with Crippen LogP contribution in [-0.4, -0.2) is 63.6 Å². The van der Waals surface area contributed by atoms with Crippen LogP contribution >= 0.6 is 0 Å². The molecule has 0 bridgehead atoms. The topological polar surface area (TPSA) is 115 Å². The van der Waals surface area contributed by atoms with Gasteiger partial charge in [0.05, 0.1) is 23.4 Å². The Bertz CT molecular complexity index is 1170. The maximum Gasteiger partial charge on any atom is 0.416 e. The van der Waals surface area contributed by atoms with Crippen LogP contribution in [0.3, 0.4) is 0 Å². The summed E-state index contributed by atoms with van der Waals surface area (Å²) in [6, 6.07) is 7.82. The number of halogens is 3. The molecule has 1 aromatic heterocycles. The molecule has 2 fully saturated rings. The van der Waals surface area contributed by atoms with Gasteiger partial charge in [-0.2, -0.15) is 13.2 Å². The zero-order chi connectivity index (χ0) is 28.4. The second-order valence-corrected chi connectivity index (χ2v) is 11.1. The van der Waals surface area contributed by atoms with Gasteiger partial charge in [0.2, 0.25) is 5.91 Å². The number of hydrogen-bond donors (Lipinski definition) is 4. The standard InChI is InChI=1S/C28H35F3N4O4/c1-26(2,38)23-7-6-20(15-32-23)27(39)11-8-22(9-12-27)35-13-10-21(17-35)34-24(36)16-33-25(37)18-4-3-5-19(14-18)28(29,30)31/h3-7,14-15,21-22,38-39H,8-13,16-17H2,1-2H3,(H,33,37)(H,34,36). The van der Waals surface area contributed by atoms with Crippen molar-refractivity contribution in [2.75, 3.05) is 19.6 Å². The molecule has 11 heteroatoms. The van der Waals surface area contributed by atoms with Crippen LogP contribution in [0, 0.1) is 0 Å². The molecular weight excluding hydrogens is 513 g/mol. The predicted octanol–water partition coefficient (Wildman–Crippen LogP) is 3.08. The molecule has 4 N–H and O–H groups in total. The number of nitrogens with zero attached hydrogens (tertiary/aromatic N) is 2. The molecule has 0 spiro atoms. The SMILES string of the molecule is CC(C)(O)c1ccc(C2(O)CCC(N3CCC(NC(=O)CNC(=O)c4cccc(C(F)(F)F)c4)C3)CC2)cn1. The lowest BCUT2D eigenvalue weighted by Crippen LogP contribution is -2.45. The summed E-state index contributed by atoms with van der Waals surface area (Å²) in [5, 5.41) is 26.6. The van der Waals surface area contributed by atoms with Crippen LogP contribution in [0.2, 0.25) is 0 Å². The summed E-state index contributed by atoms with van der Waals surface area (Å²) in [5.41, 5.74) is -1.81. The van der Waals surface area contributed by atoms with Crippen molar-refractivity contribution in [2.24, 2.45) is 0 Å². The van der Waals surface area contributed by atoms with E-state index in [1.165, 1.54) is 6.07 Å². The predicted molar refractivity (Wildman–Crippen MR) is 138 cm³/mol. The normalized spacial score (nSPS) is 24.4. The van der Waals surface area contributed by atoms with E-state index in [1.807, 2.05) is 6.07 Å². The van der Waals surface area contributed by atoms with Crippen LogP contribution in [0.5, 0.6) is 0 Å². The Morgan fingerprint density at radius 3 is 2.46 bits per heavy atom. The highest BCUT2D eigenvalue weighted by molar-refractivity contribution is 5.96. The zero-order valence-corrected chi connectivity index (χ0v) is 22.1. The fourth-order valence-corrected chi connectivity index (χ4v) is 5.38. The second kappa shape index (κ2) is 11.2. The van der Waals surface area contributed by atoms with Gasteiger partial charge in [-0.25, -0.2) is 0 Å². The van der Waals surface area contributed by atoms with Gasteiger partial charge >= 0.3 is 6.18 Å². The van der Waals surface area contributed by atoms with E-state index in [0.29, 0.717) is 25.1 Å². The molecule has 0 radical (unpaired) electrons. The van der Waals surface area contributed by atoms with Gasteiger partial charge in [-0.05, 0) is 70.2 Å². The van der Waals surface area contributed by atoms with E-state index < -0.39 is 34.8 Å². The summed E-state index contributed by atoms with van der Waals surface area (Å²) in [6.07, 6.45) is 0.568. The van der Waals surface area contributed by atoms with Crippen molar-refractivity contribution in [3.05, 3.63) is 65.0 Å². The number of hydrogen-bond acceptors (Lipinski definition) is 6. The summed E-state index contributed by atoms with van der Waals surface area (Å²) in [7, 11) is 0. The molecule has 2 amide bonds. The Labute approximate surface area is 225 Å². The number of amides is 2. The van der Waals surface area contributed by atoms with Crippen molar-refractivity contribution in [1.29, 1.82) is 0 Å². The molecule has 1 aliphatic heterocycles. The molecule has 2 heterocycles. The number of aliphatic hydroxyl groups is 2. The Hall–Kier alpha value is -3.02. The molecule has 2 aromatic rings. The Kier molecular flexibility index (Phi) is 8.34. The van der Waals surface area contributed by atoms with Gasteiger partial charge in [-0.3, -0.25) is 19.5 Å². The molecule has 1 unspecified atom stereocenters. The van der Waals surface area contributed by atoms with Gasteiger partial charge in [-0.1, -0.05) is 12.1 Å². The van der Waals surface area contributed by atoms with Crippen molar-refractivity contribution < 1.29 is 33.0 Å². The highest BCUT2D eigenvalue weighted by Crippen LogP contribution is 2.39. The second-order valence-electron chi connectivity index (χ2n) is 11.1. The van der Waals surface area contributed by atoms with Crippen LogP contribution in [0.1, 0.15) is 73.1 Å². The molecule has 1 aliphatic carbocycles. The summed E-state index contributed by atoms with van der Waals surface area (Å²) >= 11 is 0. The number of benzene rings is 1. The smallest absolute Gasteiger partial charge is 0.385 e. The van der Waals surface area contributed by atoms with Gasteiger partial charge in [-0.15, -0.1) is 0 Å². The van der Waals surface area contributed by atoms with Crippen molar-refractivity contribution in [3.63, 3.8) is 0 Å². The highest BCUT2D eigenvalue weighted by Gasteiger charge is 2.39. The van der Waals surface area contributed by atoms with Crippen molar-refractivity contribution >= 4 is 11.8 Å². The van der Waals surface area contributed by atoms with Gasteiger partial charge in [0, 0.05) is 42.5 Å². The van der Waals surface area contributed by atoms with Crippen molar-refractivity contribution in [1.82, 2.24) is 20.5 Å². The minimum atomic E-state index is -4.56. The van der Waals surface area contributed by atoms with E-state index in [1.54, 1.807) is 26.1 Å². The third kappa shape index (κ3) is 7.14. The van der Waals surface area contributed by atoms with Gasteiger partial charge in [0.25, 0.3) is 5.91 Å². The van der Waals surface area contributed by atoms with E-state index in [-0.39, 0.29) is 24.2 Å². The summed E-state index contributed by atoms with van der Waals surface area (Å²) < 4.78 is 38.6. The highest BCUT2D eigenvalue weighted by atomic mass is 19.4. The first-order chi connectivity index (χ1) is 18.2. The summed E-state index contributed by atoms with van der Waals surface area (Å²) in [6.45, 7) is 4.45. The number of alkyl halides is 3. The third-order valence-electron chi connectivity index (χ3n) is 7.67. The number of carbonyl (C=O) groups excluding carboxylic acids is 2.